The Morgan fingerprint density at radius 3 is 2.27 bits per heavy atom. The van der Waals surface area contributed by atoms with Crippen molar-refractivity contribution in [3.05, 3.63) is 59.1 Å². The van der Waals surface area contributed by atoms with Crippen molar-refractivity contribution in [2.24, 2.45) is 0 Å². The maximum Gasteiger partial charge on any atom is 0.223 e. The molecule has 0 heterocycles. The van der Waals surface area contributed by atoms with Crippen molar-refractivity contribution in [2.45, 2.75) is 6.42 Å². The zero-order valence-corrected chi connectivity index (χ0v) is 13.7. The van der Waals surface area contributed by atoms with E-state index in [0.29, 0.717) is 26.2 Å². The smallest absolute Gasteiger partial charge is 0.223 e. The molecule has 0 bridgehead atoms. The molecule has 2 rings (SSSR count). The van der Waals surface area contributed by atoms with Gasteiger partial charge in [-0.05, 0) is 36.4 Å². The van der Waals surface area contributed by atoms with Crippen LogP contribution in [0.25, 0.3) is 0 Å². The van der Waals surface area contributed by atoms with Gasteiger partial charge in [-0.1, -0.05) is 34.1 Å². The summed E-state index contributed by atoms with van der Waals surface area (Å²) in [6.07, 6.45) is 0.327. The Hall–Kier alpha value is -2.01. The molecule has 0 saturated carbocycles. The van der Waals surface area contributed by atoms with Crippen LogP contribution in [0.2, 0.25) is 0 Å². The molecule has 1 amide bonds. The first kappa shape index (κ1) is 16.4. The molecule has 2 aromatic rings. The summed E-state index contributed by atoms with van der Waals surface area (Å²) in [6.45, 7) is 1.27. The Kier molecular flexibility index (Phi) is 6.77. The molecular formula is C17H18BrNO3. The predicted octanol–water partition coefficient (Wildman–Crippen LogP) is 3.41. The summed E-state index contributed by atoms with van der Waals surface area (Å²) in [5, 5.41) is 2.80. The number of halogens is 1. The minimum atomic E-state index is -0.0460. The first-order valence-electron chi connectivity index (χ1n) is 7.07. The van der Waals surface area contributed by atoms with Gasteiger partial charge in [0.15, 0.2) is 0 Å². The van der Waals surface area contributed by atoms with Crippen LogP contribution in [0.5, 0.6) is 11.5 Å². The van der Waals surface area contributed by atoms with Crippen LogP contribution in [0.15, 0.2) is 59.1 Å². The summed E-state index contributed by atoms with van der Waals surface area (Å²) in [7, 11) is 0. The van der Waals surface area contributed by atoms with E-state index in [1.165, 1.54) is 0 Å². The fraction of sp³-hybridized carbons (Fsp3) is 0.235. The molecule has 0 spiro atoms. The quantitative estimate of drug-likeness (QED) is 0.731. The molecule has 0 aromatic heterocycles. The third-order valence-electron chi connectivity index (χ3n) is 2.85. The molecule has 0 aliphatic heterocycles. The number of benzene rings is 2. The number of rotatable bonds is 8. The van der Waals surface area contributed by atoms with E-state index >= 15 is 0 Å². The van der Waals surface area contributed by atoms with Gasteiger partial charge in [0.1, 0.15) is 18.1 Å². The van der Waals surface area contributed by atoms with Gasteiger partial charge in [0.25, 0.3) is 0 Å². The van der Waals surface area contributed by atoms with Crippen molar-refractivity contribution in [1.29, 1.82) is 0 Å². The number of amides is 1. The summed E-state index contributed by atoms with van der Waals surface area (Å²) in [6, 6.07) is 17.0. The van der Waals surface area contributed by atoms with Crippen LogP contribution in [0.3, 0.4) is 0 Å². The zero-order valence-electron chi connectivity index (χ0n) is 12.1. The summed E-state index contributed by atoms with van der Waals surface area (Å²) >= 11 is 3.36. The standard InChI is InChI=1S/C17H18BrNO3/c18-14-6-8-16(9-7-14)22-13-11-19-17(20)10-12-21-15-4-2-1-3-5-15/h1-9H,10-13H2,(H,19,20). The van der Waals surface area contributed by atoms with Crippen LogP contribution < -0.4 is 14.8 Å². The molecule has 1 N–H and O–H groups in total. The molecule has 116 valence electrons. The highest BCUT2D eigenvalue weighted by molar-refractivity contribution is 9.10. The van der Waals surface area contributed by atoms with E-state index < -0.39 is 0 Å². The van der Waals surface area contributed by atoms with Gasteiger partial charge in [-0.2, -0.15) is 0 Å². The van der Waals surface area contributed by atoms with Crippen LogP contribution in [-0.2, 0) is 4.79 Å². The second-order valence-corrected chi connectivity index (χ2v) is 5.48. The Bertz CT molecular complexity index is 572. The first-order valence-corrected chi connectivity index (χ1v) is 7.86. The molecular weight excluding hydrogens is 346 g/mol. The molecule has 2 aromatic carbocycles. The third-order valence-corrected chi connectivity index (χ3v) is 3.38. The Labute approximate surface area is 138 Å². The lowest BCUT2D eigenvalue weighted by molar-refractivity contribution is -0.121. The fourth-order valence-corrected chi connectivity index (χ4v) is 2.02. The van der Waals surface area contributed by atoms with Crippen molar-refractivity contribution >= 4 is 21.8 Å². The van der Waals surface area contributed by atoms with Gasteiger partial charge in [-0.3, -0.25) is 4.79 Å². The summed E-state index contributed by atoms with van der Waals surface area (Å²) in [4.78, 5) is 11.6. The van der Waals surface area contributed by atoms with Crippen molar-refractivity contribution < 1.29 is 14.3 Å². The van der Waals surface area contributed by atoms with Crippen molar-refractivity contribution in [3.8, 4) is 11.5 Å². The van der Waals surface area contributed by atoms with Crippen LogP contribution in [0.4, 0.5) is 0 Å². The normalized spacial score (nSPS) is 10.0. The summed E-state index contributed by atoms with van der Waals surface area (Å²) in [5.41, 5.74) is 0. The third kappa shape index (κ3) is 6.18. The van der Waals surface area contributed by atoms with Gasteiger partial charge in [-0.25, -0.2) is 0 Å². The van der Waals surface area contributed by atoms with E-state index in [9.17, 15) is 4.79 Å². The van der Waals surface area contributed by atoms with E-state index in [0.717, 1.165) is 16.0 Å². The minimum Gasteiger partial charge on any atom is -0.493 e. The monoisotopic (exact) mass is 363 g/mol. The van der Waals surface area contributed by atoms with Crippen molar-refractivity contribution in [3.63, 3.8) is 0 Å². The van der Waals surface area contributed by atoms with Gasteiger partial charge in [-0.15, -0.1) is 0 Å². The molecule has 0 aliphatic rings. The van der Waals surface area contributed by atoms with E-state index in [2.05, 4.69) is 21.2 Å². The van der Waals surface area contributed by atoms with Gasteiger partial charge >= 0.3 is 0 Å². The number of hydrogen-bond acceptors (Lipinski definition) is 3. The van der Waals surface area contributed by atoms with Gasteiger partial charge < -0.3 is 14.8 Å². The average molecular weight is 364 g/mol. The number of carbonyl (C=O) groups is 1. The summed E-state index contributed by atoms with van der Waals surface area (Å²) in [5.74, 6) is 1.51. The van der Waals surface area contributed by atoms with E-state index in [1.54, 1.807) is 0 Å². The lowest BCUT2D eigenvalue weighted by atomic mass is 10.3. The average Bonchev–Trinajstić information content (AvgIpc) is 2.54. The summed E-state index contributed by atoms with van der Waals surface area (Å²) < 4.78 is 12.0. The van der Waals surface area contributed by atoms with E-state index in [-0.39, 0.29) is 5.91 Å². The fourth-order valence-electron chi connectivity index (χ4n) is 1.76. The number of para-hydroxylation sites is 1. The molecule has 0 fully saturated rings. The van der Waals surface area contributed by atoms with Crippen LogP contribution in [-0.4, -0.2) is 25.7 Å². The number of ether oxygens (including phenoxy) is 2. The van der Waals surface area contributed by atoms with E-state index in [4.69, 9.17) is 9.47 Å². The minimum absolute atomic E-state index is 0.0460. The van der Waals surface area contributed by atoms with Crippen LogP contribution in [0, 0.1) is 0 Å². The van der Waals surface area contributed by atoms with E-state index in [1.807, 2.05) is 54.6 Å². The van der Waals surface area contributed by atoms with Gasteiger partial charge in [0.2, 0.25) is 5.91 Å². The molecule has 4 nitrogen and oxygen atoms in total. The first-order chi connectivity index (χ1) is 10.7. The Morgan fingerprint density at radius 1 is 0.909 bits per heavy atom. The second-order valence-electron chi connectivity index (χ2n) is 4.56. The maximum absolute atomic E-state index is 11.6. The molecule has 0 atom stereocenters. The molecule has 5 heteroatoms. The molecule has 0 saturated heterocycles. The number of nitrogens with one attached hydrogen (secondary N) is 1. The SMILES string of the molecule is O=C(CCOc1ccccc1)NCCOc1ccc(Br)cc1. The topological polar surface area (TPSA) is 47.6 Å². The number of hydrogen-bond donors (Lipinski definition) is 1. The Morgan fingerprint density at radius 2 is 1.55 bits per heavy atom. The van der Waals surface area contributed by atoms with Gasteiger partial charge in [0, 0.05) is 4.47 Å². The lowest BCUT2D eigenvalue weighted by Crippen LogP contribution is -2.29. The predicted molar refractivity (Wildman–Crippen MR) is 89.2 cm³/mol. The van der Waals surface area contributed by atoms with Crippen molar-refractivity contribution in [2.75, 3.05) is 19.8 Å². The highest BCUT2D eigenvalue weighted by Gasteiger charge is 2.01. The number of carbonyl (C=O) groups excluding carboxylic acids is 1. The largest absolute Gasteiger partial charge is 0.493 e. The maximum atomic E-state index is 11.6. The second kappa shape index (κ2) is 9.10. The lowest BCUT2D eigenvalue weighted by Gasteiger charge is -2.08. The van der Waals surface area contributed by atoms with Crippen LogP contribution >= 0.6 is 15.9 Å². The highest BCUT2D eigenvalue weighted by atomic mass is 79.9. The van der Waals surface area contributed by atoms with Crippen LogP contribution in [0.1, 0.15) is 6.42 Å². The molecule has 22 heavy (non-hydrogen) atoms. The molecule has 0 radical (unpaired) electrons. The van der Waals surface area contributed by atoms with Crippen molar-refractivity contribution in [1.82, 2.24) is 5.32 Å². The molecule has 0 unspecified atom stereocenters. The highest BCUT2D eigenvalue weighted by Crippen LogP contribution is 2.15. The zero-order chi connectivity index (χ0) is 15.6. The van der Waals surface area contributed by atoms with Gasteiger partial charge in [0.05, 0.1) is 19.6 Å². The Balaban J connectivity index is 1.55. The molecule has 0 aliphatic carbocycles.